The Bertz CT molecular complexity index is 592. The van der Waals surface area contributed by atoms with E-state index in [0.29, 0.717) is 10.7 Å². The minimum absolute atomic E-state index is 0.0991. The lowest BCUT2D eigenvalue weighted by Crippen LogP contribution is -2.22. The van der Waals surface area contributed by atoms with Crippen molar-refractivity contribution < 1.29 is 9.59 Å². The third-order valence-corrected chi connectivity index (χ3v) is 4.33. The summed E-state index contributed by atoms with van der Waals surface area (Å²) in [5, 5.41) is 7.40. The van der Waals surface area contributed by atoms with E-state index < -0.39 is 0 Å². The third-order valence-electron chi connectivity index (χ3n) is 4.00. The predicted octanol–water partition coefficient (Wildman–Crippen LogP) is 4.28. The monoisotopic (exact) mass is 349 g/mol. The molecule has 0 saturated heterocycles. The SMILES string of the molecule is O=C(CCC(=O)Nc1ccccc1Cl)NN=C1CCCCCCC1. The summed E-state index contributed by atoms with van der Waals surface area (Å²) in [5.41, 5.74) is 4.19. The number of halogens is 1. The molecule has 0 spiro atoms. The molecular weight excluding hydrogens is 326 g/mol. The van der Waals surface area contributed by atoms with Gasteiger partial charge in [-0.05, 0) is 37.8 Å². The van der Waals surface area contributed by atoms with E-state index in [2.05, 4.69) is 15.8 Å². The number of nitrogens with zero attached hydrogens (tertiary/aromatic N) is 1. The van der Waals surface area contributed by atoms with Crippen molar-refractivity contribution in [2.45, 2.75) is 57.8 Å². The first-order valence-corrected chi connectivity index (χ1v) is 8.91. The van der Waals surface area contributed by atoms with Gasteiger partial charge in [0.25, 0.3) is 0 Å². The molecule has 1 aliphatic rings. The Balaban J connectivity index is 1.72. The molecule has 0 bridgehead atoms. The van der Waals surface area contributed by atoms with Gasteiger partial charge in [-0.25, -0.2) is 5.43 Å². The van der Waals surface area contributed by atoms with Crippen LogP contribution in [0.3, 0.4) is 0 Å². The summed E-state index contributed by atoms with van der Waals surface area (Å²) in [7, 11) is 0. The number of carbonyl (C=O) groups is 2. The number of nitrogens with one attached hydrogen (secondary N) is 2. The molecule has 0 aliphatic heterocycles. The van der Waals surface area contributed by atoms with Crippen molar-refractivity contribution >= 4 is 34.8 Å². The van der Waals surface area contributed by atoms with E-state index in [0.717, 1.165) is 31.4 Å². The van der Waals surface area contributed by atoms with Gasteiger partial charge in [0.05, 0.1) is 10.7 Å². The topological polar surface area (TPSA) is 70.6 Å². The van der Waals surface area contributed by atoms with Crippen LogP contribution in [0.15, 0.2) is 29.4 Å². The lowest BCUT2D eigenvalue weighted by molar-refractivity contribution is -0.124. The van der Waals surface area contributed by atoms with Gasteiger partial charge >= 0.3 is 0 Å². The number of hydrogen-bond acceptors (Lipinski definition) is 3. The summed E-state index contributed by atoms with van der Waals surface area (Å²) in [6.07, 6.45) is 8.13. The number of amides is 2. The molecule has 1 fully saturated rings. The lowest BCUT2D eigenvalue weighted by atomic mass is 9.99. The molecule has 0 aromatic heterocycles. The minimum Gasteiger partial charge on any atom is -0.325 e. The highest BCUT2D eigenvalue weighted by Gasteiger charge is 2.09. The zero-order valence-corrected chi connectivity index (χ0v) is 14.6. The van der Waals surface area contributed by atoms with E-state index >= 15 is 0 Å². The van der Waals surface area contributed by atoms with Crippen LogP contribution in [0.25, 0.3) is 0 Å². The number of rotatable bonds is 5. The van der Waals surface area contributed by atoms with Gasteiger partial charge in [-0.15, -0.1) is 0 Å². The smallest absolute Gasteiger partial charge is 0.240 e. The van der Waals surface area contributed by atoms with Crippen LogP contribution in [-0.4, -0.2) is 17.5 Å². The van der Waals surface area contributed by atoms with Gasteiger partial charge < -0.3 is 5.32 Å². The molecule has 5 nitrogen and oxygen atoms in total. The van der Waals surface area contributed by atoms with Gasteiger partial charge in [-0.2, -0.15) is 5.10 Å². The quantitative estimate of drug-likeness (QED) is 0.779. The molecule has 0 unspecified atom stereocenters. The summed E-state index contributed by atoms with van der Waals surface area (Å²) in [5.74, 6) is -0.476. The van der Waals surface area contributed by atoms with E-state index in [4.69, 9.17) is 11.6 Å². The molecule has 2 rings (SSSR count). The highest BCUT2D eigenvalue weighted by atomic mass is 35.5. The van der Waals surface area contributed by atoms with E-state index in [1.165, 1.54) is 19.3 Å². The van der Waals surface area contributed by atoms with Crippen molar-refractivity contribution in [1.82, 2.24) is 5.43 Å². The van der Waals surface area contributed by atoms with E-state index in [1.54, 1.807) is 24.3 Å². The molecule has 0 atom stereocenters. The van der Waals surface area contributed by atoms with Gasteiger partial charge in [0.1, 0.15) is 0 Å². The Morgan fingerprint density at radius 1 is 0.958 bits per heavy atom. The van der Waals surface area contributed by atoms with Crippen LogP contribution in [0.2, 0.25) is 5.02 Å². The van der Waals surface area contributed by atoms with Crippen molar-refractivity contribution in [3.8, 4) is 0 Å². The van der Waals surface area contributed by atoms with Gasteiger partial charge in [-0.3, -0.25) is 9.59 Å². The highest BCUT2D eigenvalue weighted by molar-refractivity contribution is 6.33. The molecule has 0 radical (unpaired) electrons. The van der Waals surface area contributed by atoms with Crippen LogP contribution in [0.4, 0.5) is 5.69 Å². The fraction of sp³-hybridized carbons (Fsp3) is 0.500. The molecule has 1 aliphatic carbocycles. The standard InChI is InChI=1S/C18H24ClN3O2/c19-15-10-6-7-11-16(15)20-17(23)12-13-18(24)22-21-14-8-4-2-1-3-5-9-14/h6-7,10-11H,1-5,8-9,12-13H2,(H,20,23)(H,22,24). The molecule has 6 heteroatoms. The van der Waals surface area contributed by atoms with Crippen molar-refractivity contribution in [1.29, 1.82) is 0 Å². The first-order chi connectivity index (χ1) is 11.6. The minimum atomic E-state index is -0.239. The molecule has 2 amide bonds. The average Bonchev–Trinajstić information content (AvgIpc) is 2.54. The predicted molar refractivity (Wildman–Crippen MR) is 97.2 cm³/mol. The third kappa shape index (κ3) is 6.71. The maximum Gasteiger partial charge on any atom is 0.240 e. The summed E-state index contributed by atoms with van der Waals surface area (Å²) < 4.78 is 0. The van der Waals surface area contributed by atoms with Crippen LogP contribution in [0, 0.1) is 0 Å². The Kier molecular flexibility index (Phi) is 7.75. The molecular formula is C18H24ClN3O2. The molecule has 1 aromatic rings. The fourth-order valence-electron chi connectivity index (χ4n) is 2.62. The molecule has 130 valence electrons. The fourth-order valence-corrected chi connectivity index (χ4v) is 2.81. The maximum absolute atomic E-state index is 11.9. The summed E-state index contributed by atoms with van der Waals surface area (Å²) in [4.78, 5) is 23.7. The van der Waals surface area contributed by atoms with Crippen molar-refractivity contribution in [3.05, 3.63) is 29.3 Å². The van der Waals surface area contributed by atoms with E-state index in [9.17, 15) is 9.59 Å². The highest BCUT2D eigenvalue weighted by Crippen LogP contribution is 2.20. The number of anilines is 1. The second-order valence-corrected chi connectivity index (χ2v) is 6.42. The van der Waals surface area contributed by atoms with Crippen LogP contribution < -0.4 is 10.7 Å². The molecule has 2 N–H and O–H groups in total. The Labute approximate surface area is 147 Å². The van der Waals surface area contributed by atoms with Crippen molar-refractivity contribution in [2.24, 2.45) is 5.10 Å². The van der Waals surface area contributed by atoms with Crippen LogP contribution >= 0.6 is 11.6 Å². The number of hydrazone groups is 1. The normalized spacial score (nSPS) is 15.1. The van der Waals surface area contributed by atoms with Crippen LogP contribution in [0.1, 0.15) is 57.8 Å². The lowest BCUT2D eigenvalue weighted by Gasteiger charge is -2.11. The second-order valence-electron chi connectivity index (χ2n) is 6.01. The summed E-state index contributed by atoms with van der Waals surface area (Å²) in [6, 6.07) is 7.01. The average molecular weight is 350 g/mol. The summed E-state index contributed by atoms with van der Waals surface area (Å²) >= 11 is 5.98. The van der Waals surface area contributed by atoms with Crippen LogP contribution in [-0.2, 0) is 9.59 Å². The molecule has 1 saturated carbocycles. The van der Waals surface area contributed by atoms with Crippen molar-refractivity contribution in [3.63, 3.8) is 0 Å². The summed E-state index contributed by atoms with van der Waals surface area (Å²) in [6.45, 7) is 0. The molecule has 24 heavy (non-hydrogen) atoms. The first kappa shape index (κ1) is 18.5. The maximum atomic E-state index is 11.9. The number of benzene rings is 1. The van der Waals surface area contributed by atoms with Gasteiger partial charge in [0.15, 0.2) is 0 Å². The van der Waals surface area contributed by atoms with Gasteiger partial charge in [0.2, 0.25) is 11.8 Å². The molecule has 1 aromatic carbocycles. The Morgan fingerprint density at radius 2 is 1.58 bits per heavy atom. The zero-order valence-electron chi connectivity index (χ0n) is 13.8. The first-order valence-electron chi connectivity index (χ1n) is 8.54. The van der Waals surface area contributed by atoms with Gasteiger partial charge in [-0.1, -0.05) is 43.0 Å². The zero-order chi connectivity index (χ0) is 17.2. The van der Waals surface area contributed by atoms with Crippen molar-refractivity contribution in [2.75, 3.05) is 5.32 Å². The number of carbonyl (C=O) groups excluding carboxylic acids is 2. The Morgan fingerprint density at radius 3 is 2.29 bits per heavy atom. The second kappa shape index (κ2) is 10.1. The molecule has 0 heterocycles. The van der Waals surface area contributed by atoms with E-state index in [1.807, 2.05) is 0 Å². The number of hydrogen-bond donors (Lipinski definition) is 2. The van der Waals surface area contributed by atoms with Crippen LogP contribution in [0.5, 0.6) is 0 Å². The largest absolute Gasteiger partial charge is 0.325 e. The van der Waals surface area contributed by atoms with E-state index in [-0.39, 0.29) is 24.7 Å². The van der Waals surface area contributed by atoms with Gasteiger partial charge in [0, 0.05) is 18.6 Å². The Hall–Kier alpha value is -1.88. The number of para-hydroxylation sites is 1.